The molecule has 0 bridgehead atoms. The lowest BCUT2D eigenvalue weighted by atomic mass is 10.2. The van der Waals surface area contributed by atoms with Gasteiger partial charge in [-0.25, -0.2) is 4.98 Å². The molecule has 2 aliphatic rings. The van der Waals surface area contributed by atoms with Crippen LogP contribution in [0.2, 0.25) is 0 Å². The first-order chi connectivity index (χ1) is 8.72. The Balaban J connectivity index is 1.75. The zero-order valence-electron chi connectivity index (χ0n) is 10.4. The van der Waals surface area contributed by atoms with Crippen LogP contribution in [0, 0.1) is 0 Å². The van der Waals surface area contributed by atoms with Crippen LogP contribution >= 0.6 is 11.3 Å². The Bertz CT molecular complexity index is 448. The molecule has 0 spiro atoms. The van der Waals surface area contributed by atoms with Crippen molar-refractivity contribution in [3.05, 3.63) is 15.6 Å². The molecule has 1 saturated heterocycles. The van der Waals surface area contributed by atoms with E-state index in [4.69, 9.17) is 10.1 Å². The van der Waals surface area contributed by atoms with Gasteiger partial charge in [-0.2, -0.15) is 0 Å². The maximum Gasteiger partial charge on any atom is 0.308 e. The predicted octanol–water partition coefficient (Wildman–Crippen LogP) is 2.24. The second-order valence-electron chi connectivity index (χ2n) is 5.24. The molecule has 1 aliphatic carbocycles. The van der Waals surface area contributed by atoms with E-state index in [1.165, 1.54) is 25.7 Å². The number of carboxylic acid groups (broad SMARTS) is 1. The third kappa shape index (κ3) is 2.72. The second kappa shape index (κ2) is 4.97. The van der Waals surface area contributed by atoms with Crippen LogP contribution in [0.3, 0.4) is 0 Å². The molecule has 18 heavy (non-hydrogen) atoms. The Labute approximate surface area is 111 Å². The molecule has 0 atom stereocenters. The number of thiazole rings is 1. The Hall–Kier alpha value is -0.940. The van der Waals surface area contributed by atoms with Gasteiger partial charge in [0.2, 0.25) is 0 Å². The molecule has 1 aromatic heterocycles. The highest BCUT2D eigenvalue weighted by Crippen LogP contribution is 2.43. The summed E-state index contributed by atoms with van der Waals surface area (Å²) in [4.78, 5) is 19.0. The van der Waals surface area contributed by atoms with Gasteiger partial charge >= 0.3 is 5.97 Å². The molecule has 2 heterocycles. The fraction of sp³-hybridized carbons (Fsp3) is 0.692. The summed E-state index contributed by atoms with van der Waals surface area (Å²) in [5, 5.41) is 10.1. The molecule has 4 nitrogen and oxygen atoms in total. The number of rotatable bonds is 5. The lowest BCUT2D eigenvalue weighted by Gasteiger charge is -2.11. The first kappa shape index (κ1) is 12.1. The van der Waals surface area contributed by atoms with Gasteiger partial charge in [0.15, 0.2) is 0 Å². The zero-order chi connectivity index (χ0) is 12.5. The summed E-state index contributed by atoms with van der Waals surface area (Å²) in [5.74, 6) is -0.198. The molecular formula is C13H18N2O2S. The average Bonchev–Trinajstić information content (AvgIpc) is 2.89. The van der Waals surface area contributed by atoms with Crippen LogP contribution in [0.1, 0.15) is 47.2 Å². The van der Waals surface area contributed by atoms with E-state index >= 15 is 0 Å². The highest BCUT2D eigenvalue weighted by Gasteiger charge is 2.30. The number of hydrogen-bond donors (Lipinski definition) is 1. The minimum absolute atomic E-state index is 0.142. The SMILES string of the molecule is O=C(O)Cc1sc(CN2CCCC2)nc1C1CC1. The van der Waals surface area contributed by atoms with Crippen molar-refractivity contribution in [2.45, 2.75) is 44.6 Å². The van der Waals surface area contributed by atoms with Crippen molar-refractivity contribution in [1.29, 1.82) is 0 Å². The highest BCUT2D eigenvalue weighted by molar-refractivity contribution is 7.11. The molecule has 98 valence electrons. The van der Waals surface area contributed by atoms with Gasteiger partial charge in [0.05, 0.1) is 18.7 Å². The lowest BCUT2D eigenvalue weighted by Crippen LogP contribution is -2.18. The molecule has 3 rings (SSSR count). The first-order valence-electron chi connectivity index (χ1n) is 6.65. The van der Waals surface area contributed by atoms with Crippen molar-refractivity contribution in [3.8, 4) is 0 Å². The largest absolute Gasteiger partial charge is 0.481 e. The van der Waals surface area contributed by atoms with E-state index in [-0.39, 0.29) is 6.42 Å². The number of aromatic nitrogens is 1. The van der Waals surface area contributed by atoms with Crippen molar-refractivity contribution in [1.82, 2.24) is 9.88 Å². The molecule has 1 N–H and O–H groups in total. The average molecular weight is 266 g/mol. The van der Waals surface area contributed by atoms with Crippen molar-refractivity contribution in [3.63, 3.8) is 0 Å². The van der Waals surface area contributed by atoms with Crippen LogP contribution in [-0.2, 0) is 17.8 Å². The molecule has 1 saturated carbocycles. The highest BCUT2D eigenvalue weighted by atomic mass is 32.1. The minimum Gasteiger partial charge on any atom is -0.481 e. The number of aliphatic carboxylic acids is 1. The topological polar surface area (TPSA) is 53.4 Å². The van der Waals surface area contributed by atoms with E-state index in [9.17, 15) is 4.79 Å². The summed E-state index contributed by atoms with van der Waals surface area (Å²) >= 11 is 1.61. The Morgan fingerprint density at radius 1 is 1.39 bits per heavy atom. The summed E-state index contributed by atoms with van der Waals surface area (Å²) < 4.78 is 0. The maximum absolute atomic E-state index is 10.9. The van der Waals surface area contributed by atoms with E-state index in [0.29, 0.717) is 5.92 Å². The normalized spacial score (nSPS) is 20.4. The second-order valence-corrected chi connectivity index (χ2v) is 6.41. The zero-order valence-corrected chi connectivity index (χ0v) is 11.2. The van der Waals surface area contributed by atoms with E-state index < -0.39 is 5.97 Å². The van der Waals surface area contributed by atoms with Gasteiger partial charge in [0.25, 0.3) is 0 Å². The summed E-state index contributed by atoms with van der Waals surface area (Å²) in [7, 11) is 0. The standard InChI is InChI=1S/C13H18N2O2S/c16-12(17)7-10-13(9-3-4-9)14-11(18-10)8-15-5-1-2-6-15/h9H,1-8H2,(H,16,17). The van der Waals surface area contributed by atoms with E-state index in [0.717, 1.165) is 35.2 Å². The molecule has 0 aromatic carbocycles. The van der Waals surface area contributed by atoms with Crippen LogP contribution in [0.25, 0.3) is 0 Å². The number of nitrogens with zero attached hydrogens (tertiary/aromatic N) is 2. The molecule has 1 aromatic rings. The minimum atomic E-state index is -0.742. The molecule has 5 heteroatoms. The van der Waals surface area contributed by atoms with Gasteiger partial charge in [0, 0.05) is 10.8 Å². The monoisotopic (exact) mass is 266 g/mol. The summed E-state index contributed by atoms with van der Waals surface area (Å²) in [5.41, 5.74) is 1.08. The quantitative estimate of drug-likeness (QED) is 0.888. The molecule has 1 aliphatic heterocycles. The van der Waals surface area contributed by atoms with Gasteiger partial charge in [-0.3, -0.25) is 9.69 Å². The van der Waals surface area contributed by atoms with Crippen LogP contribution < -0.4 is 0 Å². The number of likely N-dealkylation sites (tertiary alicyclic amines) is 1. The van der Waals surface area contributed by atoms with E-state index in [2.05, 4.69) is 4.90 Å². The fourth-order valence-electron chi connectivity index (χ4n) is 2.55. The van der Waals surface area contributed by atoms with Crippen LogP contribution in [0.5, 0.6) is 0 Å². The van der Waals surface area contributed by atoms with Gasteiger partial charge in [-0.15, -0.1) is 11.3 Å². The van der Waals surface area contributed by atoms with Crippen LogP contribution in [0.4, 0.5) is 0 Å². The number of carbonyl (C=O) groups is 1. The van der Waals surface area contributed by atoms with Crippen molar-refractivity contribution in [2.75, 3.05) is 13.1 Å². The summed E-state index contributed by atoms with van der Waals surface area (Å²) in [6.07, 6.45) is 5.06. The van der Waals surface area contributed by atoms with Crippen LogP contribution in [0.15, 0.2) is 0 Å². The van der Waals surface area contributed by atoms with Gasteiger partial charge in [-0.1, -0.05) is 0 Å². The third-order valence-electron chi connectivity index (χ3n) is 3.61. The van der Waals surface area contributed by atoms with Gasteiger partial charge < -0.3 is 5.11 Å². The van der Waals surface area contributed by atoms with Crippen molar-refractivity contribution < 1.29 is 9.90 Å². The van der Waals surface area contributed by atoms with Crippen LogP contribution in [-0.4, -0.2) is 34.0 Å². The van der Waals surface area contributed by atoms with Gasteiger partial charge in [-0.05, 0) is 38.8 Å². The number of carboxylic acids is 1. The van der Waals surface area contributed by atoms with Crippen molar-refractivity contribution >= 4 is 17.3 Å². The molecule has 0 radical (unpaired) electrons. The Morgan fingerprint density at radius 2 is 2.11 bits per heavy atom. The third-order valence-corrected chi connectivity index (χ3v) is 4.66. The molecule has 0 amide bonds. The summed E-state index contributed by atoms with van der Waals surface area (Å²) in [6, 6.07) is 0. The molecule has 2 fully saturated rings. The Kier molecular flexibility index (Phi) is 3.35. The number of hydrogen-bond acceptors (Lipinski definition) is 4. The molecule has 0 unspecified atom stereocenters. The molecular weight excluding hydrogens is 248 g/mol. The predicted molar refractivity (Wildman–Crippen MR) is 69.9 cm³/mol. The van der Waals surface area contributed by atoms with E-state index in [1.54, 1.807) is 11.3 Å². The Morgan fingerprint density at radius 3 is 2.72 bits per heavy atom. The maximum atomic E-state index is 10.9. The van der Waals surface area contributed by atoms with Crippen molar-refractivity contribution in [2.24, 2.45) is 0 Å². The van der Waals surface area contributed by atoms with E-state index in [1.807, 2.05) is 0 Å². The lowest BCUT2D eigenvalue weighted by molar-refractivity contribution is -0.136. The summed E-state index contributed by atoms with van der Waals surface area (Å²) in [6.45, 7) is 3.23. The smallest absolute Gasteiger partial charge is 0.308 e. The first-order valence-corrected chi connectivity index (χ1v) is 7.46. The van der Waals surface area contributed by atoms with Gasteiger partial charge in [0.1, 0.15) is 5.01 Å². The fourth-order valence-corrected chi connectivity index (χ4v) is 3.74.